The average Bonchev–Trinajstić information content (AvgIpc) is 2.28. The van der Waals surface area contributed by atoms with E-state index in [4.69, 9.17) is 11.6 Å². The van der Waals surface area contributed by atoms with Crippen LogP contribution in [0, 0.1) is 0 Å². The van der Waals surface area contributed by atoms with Crippen LogP contribution in [-0.4, -0.2) is 41.8 Å². The molecule has 0 aliphatic carbocycles. The lowest BCUT2D eigenvalue weighted by atomic mass is 10.3. The van der Waals surface area contributed by atoms with Gasteiger partial charge in [0.15, 0.2) is 0 Å². The molecule has 0 aliphatic rings. The monoisotopic (exact) mass is 255 g/mol. The number of halogens is 1. The van der Waals surface area contributed by atoms with E-state index in [-0.39, 0.29) is 29.2 Å². The van der Waals surface area contributed by atoms with Crippen molar-refractivity contribution in [3.63, 3.8) is 0 Å². The number of hydrogen-bond donors (Lipinski definition) is 1. The van der Waals surface area contributed by atoms with Gasteiger partial charge in [0.1, 0.15) is 10.8 Å². The maximum atomic E-state index is 11.9. The Balaban J connectivity index is 2.67. The van der Waals surface area contributed by atoms with Crippen LogP contribution in [0.25, 0.3) is 0 Å². The highest BCUT2D eigenvalue weighted by Gasteiger charge is 2.15. The Morgan fingerprint density at radius 3 is 2.76 bits per heavy atom. The zero-order chi connectivity index (χ0) is 12.8. The van der Waals surface area contributed by atoms with E-state index in [1.165, 1.54) is 4.90 Å². The van der Waals surface area contributed by atoms with Crippen LogP contribution in [0.2, 0.25) is 5.15 Å². The Labute approximate surface area is 105 Å². The summed E-state index contributed by atoms with van der Waals surface area (Å²) in [7, 11) is 1.54. The minimum Gasteiger partial charge on any atom is -0.355 e. The Hall–Kier alpha value is -1.62. The van der Waals surface area contributed by atoms with Gasteiger partial charge in [-0.15, -0.1) is 0 Å². The van der Waals surface area contributed by atoms with Crippen molar-refractivity contribution in [2.45, 2.75) is 6.92 Å². The molecule has 17 heavy (non-hydrogen) atoms. The zero-order valence-corrected chi connectivity index (χ0v) is 10.5. The van der Waals surface area contributed by atoms with E-state index in [2.05, 4.69) is 10.3 Å². The van der Waals surface area contributed by atoms with Crippen LogP contribution < -0.4 is 5.32 Å². The van der Waals surface area contributed by atoms with Gasteiger partial charge in [-0.1, -0.05) is 17.7 Å². The molecule has 6 heteroatoms. The first-order chi connectivity index (χ1) is 8.04. The molecule has 0 radical (unpaired) electrons. The molecule has 0 aliphatic heterocycles. The van der Waals surface area contributed by atoms with Crippen molar-refractivity contribution in [1.82, 2.24) is 15.2 Å². The summed E-state index contributed by atoms with van der Waals surface area (Å²) in [5, 5.41) is 2.87. The minimum atomic E-state index is -0.334. The number of nitrogens with one attached hydrogen (secondary N) is 1. The molecule has 1 aromatic rings. The van der Waals surface area contributed by atoms with E-state index >= 15 is 0 Å². The van der Waals surface area contributed by atoms with Gasteiger partial charge in [-0.25, -0.2) is 4.98 Å². The lowest BCUT2D eigenvalue weighted by Gasteiger charge is -2.15. The Morgan fingerprint density at radius 2 is 2.18 bits per heavy atom. The van der Waals surface area contributed by atoms with Gasteiger partial charge in [0.25, 0.3) is 5.91 Å². The highest BCUT2D eigenvalue weighted by atomic mass is 35.5. The predicted molar refractivity (Wildman–Crippen MR) is 64.9 cm³/mol. The van der Waals surface area contributed by atoms with Gasteiger partial charge < -0.3 is 10.2 Å². The number of nitrogens with zero attached hydrogens (tertiary/aromatic N) is 2. The molecule has 0 aromatic carbocycles. The molecule has 1 N–H and O–H groups in total. The summed E-state index contributed by atoms with van der Waals surface area (Å²) in [6.07, 6.45) is 0. The molecule has 92 valence electrons. The maximum Gasteiger partial charge on any atom is 0.272 e. The molecule has 2 amide bonds. The van der Waals surface area contributed by atoms with E-state index in [9.17, 15) is 9.59 Å². The lowest BCUT2D eigenvalue weighted by molar-refractivity contribution is -0.121. The van der Waals surface area contributed by atoms with Gasteiger partial charge in [-0.3, -0.25) is 9.59 Å². The first kappa shape index (κ1) is 13.4. The number of pyridine rings is 1. The van der Waals surface area contributed by atoms with Crippen molar-refractivity contribution in [2.75, 3.05) is 20.1 Å². The molecule has 1 rings (SSSR count). The van der Waals surface area contributed by atoms with Crippen molar-refractivity contribution in [2.24, 2.45) is 0 Å². The van der Waals surface area contributed by atoms with E-state index in [0.29, 0.717) is 6.54 Å². The molecule has 1 aromatic heterocycles. The molecular weight excluding hydrogens is 242 g/mol. The van der Waals surface area contributed by atoms with Crippen molar-refractivity contribution < 1.29 is 9.59 Å². The second kappa shape index (κ2) is 6.20. The molecule has 0 bridgehead atoms. The quantitative estimate of drug-likeness (QED) is 0.815. The van der Waals surface area contributed by atoms with Crippen molar-refractivity contribution in [3.8, 4) is 0 Å². The SMILES string of the molecule is CCNC(=O)CN(C)C(=O)c1cccc(Cl)n1. The standard InChI is InChI=1S/C11H14ClN3O2/c1-3-13-10(16)7-15(2)11(17)8-5-4-6-9(12)14-8/h4-6H,3,7H2,1-2H3,(H,13,16). The fourth-order valence-electron chi connectivity index (χ4n) is 1.26. The van der Waals surface area contributed by atoms with E-state index in [0.717, 1.165) is 0 Å². The number of likely N-dealkylation sites (N-methyl/N-ethyl adjacent to an activating group) is 2. The number of amides is 2. The van der Waals surface area contributed by atoms with Crippen molar-refractivity contribution in [1.29, 1.82) is 0 Å². The molecule has 5 nitrogen and oxygen atoms in total. The van der Waals surface area contributed by atoms with Crippen molar-refractivity contribution >= 4 is 23.4 Å². The van der Waals surface area contributed by atoms with E-state index in [1.807, 2.05) is 6.92 Å². The molecule has 0 atom stereocenters. The number of rotatable bonds is 4. The highest BCUT2D eigenvalue weighted by Crippen LogP contribution is 2.06. The largest absolute Gasteiger partial charge is 0.355 e. The van der Waals surface area contributed by atoms with Crippen LogP contribution >= 0.6 is 11.6 Å². The normalized spacial score (nSPS) is 9.82. The topological polar surface area (TPSA) is 62.3 Å². The number of carbonyl (C=O) groups excluding carboxylic acids is 2. The fraction of sp³-hybridized carbons (Fsp3) is 0.364. The van der Waals surface area contributed by atoms with Crippen LogP contribution in [0.5, 0.6) is 0 Å². The van der Waals surface area contributed by atoms with Crippen LogP contribution in [0.3, 0.4) is 0 Å². The summed E-state index contributed by atoms with van der Waals surface area (Å²) in [6, 6.07) is 4.78. The van der Waals surface area contributed by atoms with E-state index < -0.39 is 0 Å². The average molecular weight is 256 g/mol. The second-order valence-electron chi connectivity index (χ2n) is 3.46. The third-order valence-electron chi connectivity index (χ3n) is 2.04. The summed E-state index contributed by atoms with van der Waals surface area (Å²) in [5.41, 5.74) is 0.226. The molecule has 1 heterocycles. The van der Waals surface area contributed by atoms with Crippen LogP contribution in [0.15, 0.2) is 18.2 Å². The third-order valence-corrected chi connectivity index (χ3v) is 2.25. The summed E-state index contributed by atoms with van der Waals surface area (Å²) in [6.45, 7) is 2.36. The van der Waals surface area contributed by atoms with Gasteiger partial charge in [0, 0.05) is 13.6 Å². The molecule has 0 saturated carbocycles. The minimum absolute atomic E-state index is 0.000860. The Kier molecular flexibility index (Phi) is 4.90. The molecular formula is C11H14ClN3O2. The molecule has 0 fully saturated rings. The molecule has 0 spiro atoms. The summed E-state index contributed by atoms with van der Waals surface area (Å²) < 4.78 is 0. The van der Waals surface area contributed by atoms with Gasteiger partial charge in [-0.05, 0) is 19.1 Å². The lowest BCUT2D eigenvalue weighted by Crippen LogP contribution is -2.38. The maximum absolute atomic E-state index is 11.9. The van der Waals surface area contributed by atoms with Gasteiger partial charge in [0.05, 0.1) is 6.54 Å². The second-order valence-corrected chi connectivity index (χ2v) is 3.85. The van der Waals surface area contributed by atoms with Gasteiger partial charge in [0.2, 0.25) is 5.91 Å². The number of hydrogen-bond acceptors (Lipinski definition) is 3. The van der Waals surface area contributed by atoms with Crippen LogP contribution in [0.1, 0.15) is 17.4 Å². The summed E-state index contributed by atoms with van der Waals surface area (Å²) in [5.74, 6) is -0.538. The Bertz CT molecular complexity index is 423. The summed E-state index contributed by atoms with van der Waals surface area (Å²) >= 11 is 5.69. The van der Waals surface area contributed by atoms with Crippen LogP contribution in [0.4, 0.5) is 0 Å². The number of carbonyl (C=O) groups is 2. The van der Waals surface area contributed by atoms with Crippen molar-refractivity contribution in [3.05, 3.63) is 29.0 Å². The van der Waals surface area contributed by atoms with Gasteiger partial charge in [-0.2, -0.15) is 0 Å². The van der Waals surface area contributed by atoms with E-state index in [1.54, 1.807) is 25.2 Å². The zero-order valence-electron chi connectivity index (χ0n) is 9.74. The first-order valence-electron chi connectivity index (χ1n) is 5.19. The van der Waals surface area contributed by atoms with Crippen LogP contribution in [-0.2, 0) is 4.79 Å². The highest BCUT2D eigenvalue weighted by molar-refractivity contribution is 6.29. The third kappa shape index (κ3) is 4.03. The molecule has 0 unspecified atom stereocenters. The predicted octanol–water partition coefficient (Wildman–Crippen LogP) is 0.943. The smallest absolute Gasteiger partial charge is 0.272 e. The Morgan fingerprint density at radius 1 is 1.47 bits per heavy atom. The first-order valence-corrected chi connectivity index (χ1v) is 5.57. The summed E-state index contributed by atoms with van der Waals surface area (Å²) in [4.78, 5) is 28.4. The number of aromatic nitrogens is 1. The fourth-order valence-corrected chi connectivity index (χ4v) is 1.43. The molecule has 0 saturated heterocycles. The van der Waals surface area contributed by atoms with Gasteiger partial charge >= 0.3 is 0 Å².